The number of ether oxygens (including phenoxy) is 1. The number of carbonyl (C=O) groups is 3. The fraction of sp³-hybridized carbons (Fsp3) is 0.222. The van der Waals surface area contributed by atoms with Crippen LogP contribution in [0.2, 0.25) is 0 Å². The van der Waals surface area contributed by atoms with Crippen molar-refractivity contribution in [1.29, 1.82) is 0 Å². The number of carboxylic acid groups (broad SMARTS) is 1. The molecule has 0 saturated heterocycles. The first-order chi connectivity index (χ1) is 18.1. The molecular formula is C27H28N2O8S. The Morgan fingerprint density at radius 2 is 1.61 bits per heavy atom. The van der Waals surface area contributed by atoms with Gasteiger partial charge in [-0.15, -0.1) is 0 Å². The van der Waals surface area contributed by atoms with E-state index in [1.165, 1.54) is 12.1 Å². The van der Waals surface area contributed by atoms with Gasteiger partial charge in [0.15, 0.2) is 6.61 Å². The molecule has 1 unspecified atom stereocenters. The Kier molecular flexibility index (Phi) is 9.97. The van der Waals surface area contributed by atoms with Crippen LogP contribution in [0.3, 0.4) is 0 Å². The average molecular weight is 541 g/mol. The third kappa shape index (κ3) is 9.02. The average Bonchev–Trinajstić information content (AvgIpc) is 2.90. The van der Waals surface area contributed by atoms with E-state index in [0.29, 0.717) is 16.9 Å². The Bertz CT molecular complexity index is 1360. The van der Waals surface area contributed by atoms with Crippen molar-refractivity contribution in [1.82, 2.24) is 10.8 Å². The van der Waals surface area contributed by atoms with E-state index in [4.69, 9.17) is 9.57 Å². The van der Waals surface area contributed by atoms with Gasteiger partial charge in [0, 0.05) is 11.8 Å². The molecular weight excluding hydrogens is 512 g/mol. The van der Waals surface area contributed by atoms with E-state index in [1.807, 2.05) is 30.3 Å². The van der Waals surface area contributed by atoms with Crippen molar-refractivity contribution < 1.29 is 37.5 Å². The monoisotopic (exact) mass is 540 g/mol. The summed E-state index contributed by atoms with van der Waals surface area (Å²) in [6.07, 6.45) is 0.721. The number of carbonyl (C=O) groups excluding carboxylic acids is 2. The maximum absolute atomic E-state index is 13.0. The van der Waals surface area contributed by atoms with Gasteiger partial charge < -0.3 is 15.2 Å². The van der Waals surface area contributed by atoms with E-state index in [2.05, 4.69) is 10.8 Å². The Hall–Kier alpha value is -4.22. The summed E-state index contributed by atoms with van der Waals surface area (Å²) in [5.74, 6) is -2.64. The second-order valence-corrected chi connectivity index (χ2v) is 10.7. The lowest BCUT2D eigenvalue weighted by atomic mass is 9.98. The predicted molar refractivity (Wildman–Crippen MR) is 140 cm³/mol. The minimum atomic E-state index is -3.42. The molecule has 0 bridgehead atoms. The minimum absolute atomic E-state index is 0.157. The molecule has 200 valence electrons. The number of benzene rings is 3. The molecule has 3 N–H and O–H groups in total. The maximum atomic E-state index is 13.0. The van der Waals surface area contributed by atoms with Crippen LogP contribution in [0, 0.1) is 0 Å². The summed E-state index contributed by atoms with van der Waals surface area (Å²) in [7, 11) is -3.42. The molecule has 0 heterocycles. The van der Waals surface area contributed by atoms with Crippen molar-refractivity contribution in [3.8, 4) is 16.9 Å². The van der Waals surface area contributed by atoms with E-state index < -0.39 is 33.7 Å². The van der Waals surface area contributed by atoms with Gasteiger partial charge in [-0.25, -0.2) is 18.7 Å². The number of carboxylic acids is 1. The van der Waals surface area contributed by atoms with Gasteiger partial charge in [-0.2, -0.15) is 0 Å². The van der Waals surface area contributed by atoms with Crippen LogP contribution in [0.5, 0.6) is 5.75 Å². The van der Waals surface area contributed by atoms with Gasteiger partial charge in [-0.05, 0) is 41.3 Å². The lowest BCUT2D eigenvalue weighted by Gasteiger charge is -2.17. The Morgan fingerprint density at radius 3 is 2.24 bits per heavy atom. The molecule has 10 nitrogen and oxygen atoms in total. The van der Waals surface area contributed by atoms with Gasteiger partial charge in [0.2, 0.25) is 0 Å². The van der Waals surface area contributed by atoms with E-state index in [0.717, 1.165) is 11.8 Å². The molecule has 11 heteroatoms. The molecule has 0 aromatic heterocycles. The molecule has 3 rings (SSSR count). The van der Waals surface area contributed by atoms with Crippen molar-refractivity contribution in [2.45, 2.75) is 19.1 Å². The van der Waals surface area contributed by atoms with Crippen molar-refractivity contribution in [3.05, 3.63) is 90.0 Å². The van der Waals surface area contributed by atoms with Crippen molar-refractivity contribution in [2.24, 2.45) is 0 Å². The molecule has 0 aliphatic rings. The second-order valence-electron chi connectivity index (χ2n) is 8.44. The summed E-state index contributed by atoms with van der Waals surface area (Å²) in [5, 5.41) is 11.9. The third-order valence-corrected chi connectivity index (χ3v) is 6.32. The molecule has 3 aromatic rings. The first-order valence-corrected chi connectivity index (χ1v) is 13.7. The number of rotatable bonds is 13. The maximum Gasteiger partial charge on any atom is 0.326 e. The first kappa shape index (κ1) is 28.4. The molecule has 1 atom stereocenters. The summed E-state index contributed by atoms with van der Waals surface area (Å²) < 4.78 is 28.5. The van der Waals surface area contributed by atoms with E-state index in [1.54, 1.807) is 36.4 Å². The van der Waals surface area contributed by atoms with Gasteiger partial charge in [0.25, 0.3) is 11.8 Å². The molecule has 2 amide bonds. The highest BCUT2D eigenvalue weighted by molar-refractivity contribution is 7.90. The van der Waals surface area contributed by atoms with E-state index >= 15 is 0 Å². The highest BCUT2D eigenvalue weighted by Crippen LogP contribution is 2.28. The quantitative estimate of drug-likeness (QED) is 0.280. The number of nitrogens with one attached hydrogen (secondary N) is 2. The molecule has 0 saturated carbocycles. The van der Waals surface area contributed by atoms with Crippen molar-refractivity contribution in [2.75, 3.05) is 18.6 Å². The van der Waals surface area contributed by atoms with Gasteiger partial charge >= 0.3 is 5.97 Å². The summed E-state index contributed by atoms with van der Waals surface area (Å²) in [5.41, 5.74) is 4.44. The zero-order chi connectivity index (χ0) is 27.5. The number of hydroxylamine groups is 1. The summed E-state index contributed by atoms with van der Waals surface area (Å²) in [4.78, 5) is 42.0. The van der Waals surface area contributed by atoms with E-state index in [9.17, 15) is 27.9 Å². The van der Waals surface area contributed by atoms with Gasteiger partial charge in [-0.3, -0.25) is 14.4 Å². The van der Waals surface area contributed by atoms with Crippen LogP contribution < -0.4 is 15.5 Å². The Morgan fingerprint density at radius 1 is 0.947 bits per heavy atom. The molecule has 0 fully saturated rings. The van der Waals surface area contributed by atoms with Gasteiger partial charge in [0.1, 0.15) is 21.6 Å². The largest absolute Gasteiger partial charge is 0.484 e. The number of amides is 2. The van der Waals surface area contributed by atoms with Crippen LogP contribution in [0.25, 0.3) is 11.1 Å². The predicted octanol–water partition coefficient (Wildman–Crippen LogP) is 2.60. The number of hydrogen-bond donors (Lipinski definition) is 3. The lowest BCUT2D eigenvalue weighted by molar-refractivity contribution is -0.139. The fourth-order valence-corrected chi connectivity index (χ4v) is 4.11. The van der Waals surface area contributed by atoms with Gasteiger partial charge in [-0.1, -0.05) is 60.7 Å². The summed E-state index contributed by atoms with van der Waals surface area (Å²) >= 11 is 0. The lowest BCUT2D eigenvalue weighted by Crippen LogP contribution is -2.42. The number of aliphatic carboxylic acids is 1. The number of hydrogen-bond acceptors (Lipinski definition) is 7. The van der Waals surface area contributed by atoms with E-state index in [-0.39, 0.29) is 31.0 Å². The van der Waals surface area contributed by atoms with Gasteiger partial charge in [0.05, 0.1) is 12.4 Å². The SMILES string of the molecule is CS(=O)(=O)CCC(NC(=O)c1ccc(OCC(=O)NOCc2ccccc2)cc1-c1ccccc1)C(=O)O. The molecule has 38 heavy (non-hydrogen) atoms. The van der Waals surface area contributed by atoms with Crippen molar-refractivity contribution in [3.63, 3.8) is 0 Å². The Balaban J connectivity index is 1.70. The molecule has 0 spiro atoms. The van der Waals surface area contributed by atoms with Crippen LogP contribution in [-0.4, -0.2) is 56.0 Å². The van der Waals surface area contributed by atoms with Crippen molar-refractivity contribution >= 4 is 27.6 Å². The highest BCUT2D eigenvalue weighted by Gasteiger charge is 2.24. The molecule has 0 radical (unpaired) electrons. The smallest absolute Gasteiger partial charge is 0.326 e. The zero-order valence-corrected chi connectivity index (χ0v) is 21.4. The molecule has 3 aromatic carbocycles. The Labute approximate surface area is 220 Å². The molecule has 0 aliphatic heterocycles. The van der Waals surface area contributed by atoms with Crippen LogP contribution in [0.15, 0.2) is 78.9 Å². The minimum Gasteiger partial charge on any atom is -0.484 e. The second kappa shape index (κ2) is 13.4. The van der Waals surface area contributed by atoms with Crippen LogP contribution in [0.1, 0.15) is 22.3 Å². The third-order valence-electron chi connectivity index (χ3n) is 5.34. The summed E-state index contributed by atoms with van der Waals surface area (Å²) in [6.45, 7) is -0.156. The molecule has 0 aliphatic carbocycles. The highest BCUT2D eigenvalue weighted by atomic mass is 32.2. The summed E-state index contributed by atoms with van der Waals surface area (Å²) in [6, 6.07) is 21.3. The topological polar surface area (TPSA) is 148 Å². The number of sulfone groups is 1. The van der Waals surface area contributed by atoms with Crippen LogP contribution in [0.4, 0.5) is 0 Å². The van der Waals surface area contributed by atoms with Crippen LogP contribution >= 0.6 is 0 Å². The zero-order valence-electron chi connectivity index (χ0n) is 20.6. The normalized spacial score (nSPS) is 11.8. The fourth-order valence-electron chi connectivity index (χ4n) is 3.45. The standard InChI is InChI=1S/C27H28N2O8S/c1-38(34,35)15-14-24(27(32)33)28-26(31)22-13-12-21(16-23(22)20-10-6-3-7-11-20)36-18-25(30)29-37-17-19-8-4-2-5-9-19/h2-13,16,24H,14-15,17-18H2,1H3,(H,28,31)(H,29,30)(H,32,33). The first-order valence-electron chi connectivity index (χ1n) is 11.6. The van der Waals surface area contributed by atoms with Crippen LogP contribution in [-0.2, 0) is 30.9 Å².